The third-order valence-corrected chi connectivity index (χ3v) is 6.26. The number of para-hydroxylation sites is 1. The lowest BCUT2D eigenvalue weighted by Crippen LogP contribution is -2.64. The van der Waals surface area contributed by atoms with Gasteiger partial charge in [0.1, 0.15) is 5.41 Å². The van der Waals surface area contributed by atoms with Crippen LogP contribution >= 0.6 is 11.6 Å². The first kappa shape index (κ1) is 16.8. The van der Waals surface area contributed by atoms with Crippen molar-refractivity contribution in [2.75, 3.05) is 29.7 Å². The quantitative estimate of drug-likeness (QED) is 0.759. The van der Waals surface area contributed by atoms with Crippen LogP contribution in [-0.4, -0.2) is 37.4 Å². The smallest absolute Gasteiger partial charge is 0.261 e. The lowest BCUT2D eigenvalue weighted by Gasteiger charge is -2.50. The first-order valence-electron chi connectivity index (χ1n) is 9.19. The van der Waals surface area contributed by atoms with Crippen molar-refractivity contribution in [1.29, 1.82) is 0 Å². The van der Waals surface area contributed by atoms with E-state index in [1.807, 2.05) is 25.1 Å². The number of halogens is 1. The van der Waals surface area contributed by atoms with Crippen LogP contribution in [0.25, 0.3) is 0 Å². The van der Waals surface area contributed by atoms with Gasteiger partial charge in [-0.2, -0.15) is 10.1 Å². The Morgan fingerprint density at radius 1 is 1.19 bits per heavy atom. The minimum absolute atomic E-state index is 0.0114. The van der Waals surface area contributed by atoms with Gasteiger partial charge in [-0.1, -0.05) is 29.8 Å². The molecular weight excluding hydrogens is 362 g/mol. The first-order valence-corrected chi connectivity index (χ1v) is 9.57. The SMILES string of the molecule is CC1=NN(c2ccc(Cl)cc2)C(=O)[C@]12Cc1ccccc1N1CCOC[C@H]12. The number of hydrogen-bond acceptors (Lipinski definition) is 4. The molecule has 0 N–H and O–H groups in total. The molecule has 3 aliphatic heterocycles. The number of carbonyl (C=O) groups excluding carboxylic acids is 1. The fourth-order valence-electron chi connectivity index (χ4n) is 4.63. The summed E-state index contributed by atoms with van der Waals surface area (Å²) < 4.78 is 5.81. The van der Waals surface area contributed by atoms with Crippen molar-refractivity contribution in [2.24, 2.45) is 10.5 Å². The van der Waals surface area contributed by atoms with E-state index >= 15 is 0 Å². The molecule has 0 radical (unpaired) electrons. The van der Waals surface area contributed by atoms with E-state index in [4.69, 9.17) is 16.3 Å². The highest BCUT2D eigenvalue weighted by Gasteiger charge is 2.59. The molecule has 0 unspecified atom stereocenters. The number of benzene rings is 2. The minimum atomic E-state index is -0.700. The second-order valence-corrected chi connectivity index (χ2v) is 7.78. The van der Waals surface area contributed by atoms with E-state index < -0.39 is 5.41 Å². The lowest BCUT2D eigenvalue weighted by atomic mass is 9.68. The summed E-state index contributed by atoms with van der Waals surface area (Å²) in [5.74, 6) is 0.0114. The number of nitrogens with zero attached hydrogens (tertiary/aromatic N) is 3. The molecule has 2 atom stereocenters. The molecule has 3 heterocycles. The first-order chi connectivity index (χ1) is 13.1. The molecular formula is C21H20ClN3O2. The maximum atomic E-state index is 13.7. The summed E-state index contributed by atoms with van der Waals surface area (Å²) in [6.45, 7) is 3.95. The zero-order chi connectivity index (χ0) is 18.6. The highest BCUT2D eigenvalue weighted by atomic mass is 35.5. The molecule has 3 aliphatic rings. The van der Waals surface area contributed by atoms with Crippen LogP contribution in [0.4, 0.5) is 11.4 Å². The third kappa shape index (κ3) is 2.35. The predicted octanol–water partition coefficient (Wildman–Crippen LogP) is 3.51. The summed E-state index contributed by atoms with van der Waals surface area (Å²) in [5, 5.41) is 6.86. The molecule has 0 bridgehead atoms. The zero-order valence-electron chi connectivity index (χ0n) is 15.1. The van der Waals surface area contributed by atoms with Crippen LogP contribution in [0.3, 0.4) is 0 Å². The molecule has 1 fully saturated rings. The third-order valence-electron chi connectivity index (χ3n) is 6.01. The number of carbonyl (C=O) groups is 1. The number of rotatable bonds is 1. The van der Waals surface area contributed by atoms with Gasteiger partial charge < -0.3 is 9.64 Å². The Morgan fingerprint density at radius 3 is 2.78 bits per heavy atom. The largest absolute Gasteiger partial charge is 0.377 e. The van der Waals surface area contributed by atoms with Gasteiger partial charge in [0.05, 0.1) is 30.7 Å². The second kappa shape index (κ2) is 6.08. The summed E-state index contributed by atoms with van der Waals surface area (Å²) in [6, 6.07) is 15.5. The Labute approximate surface area is 163 Å². The summed E-state index contributed by atoms with van der Waals surface area (Å²) in [4.78, 5) is 16.1. The molecule has 0 saturated carbocycles. The number of amides is 1. The maximum absolute atomic E-state index is 13.7. The standard InChI is InChI=1S/C21H20ClN3O2/c1-14-21(20(26)25(23-14)17-8-6-16(22)7-9-17)12-15-4-2-3-5-18(15)24-10-11-27-13-19(21)24/h2-9,19H,10-13H2,1H3/t19-,21+/m0/s1. The van der Waals surface area contributed by atoms with E-state index in [0.29, 0.717) is 24.7 Å². The molecule has 27 heavy (non-hydrogen) atoms. The molecule has 1 amide bonds. The van der Waals surface area contributed by atoms with E-state index in [2.05, 4.69) is 28.2 Å². The van der Waals surface area contributed by atoms with Crippen molar-refractivity contribution in [3.05, 3.63) is 59.1 Å². The minimum Gasteiger partial charge on any atom is -0.377 e. The molecule has 2 aromatic carbocycles. The van der Waals surface area contributed by atoms with Crippen LogP contribution in [0.1, 0.15) is 12.5 Å². The van der Waals surface area contributed by atoms with Gasteiger partial charge in [-0.3, -0.25) is 4.79 Å². The van der Waals surface area contributed by atoms with E-state index in [0.717, 1.165) is 17.9 Å². The van der Waals surface area contributed by atoms with Crippen molar-refractivity contribution >= 4 is 34.6 Å². The summed E-state index contributed by atoms with van der Waals surface area (Å²) in [7, 11) is 0. The number of morpholine rings is 1. The molecule has 1 spiro atoms. The summed E-state index contributed by atoms with van der Waals surface area (Å²) in [5.41, 5.74) is 3.28. The maximum Gasteiger partial charge on any atom is 0.261 e. The van der Waals surface area contributed by atoms with Gasteiger partial charge in [0.25, 0.3) is 5.91 Å². The van der Waals surface area contributed by atoms with E-state index in [-0.39, 0.29) is 11.9 Å². The van der Waals surface area contributed by atoms with Gasteiger partial charge in [-0.25, -0.2) is 0 Å². The van der Waals surface area contributed by atoms with Crippen molar-refractivity contribution in [3.8, 4) is 0 Å². The van der Waals surface area contributed by atoms with E-state index in [1.54, 1.807) is 12.1 Å². The number of anilines is 2. The zero-order valence-corrected chi connectivity index (χ0v) is 15.8. The fourth-order valence-corrected chi connectivity index (χ4v) is 4.76. The van der Waals surface area contributed by atoms with Crippen LogP contribution < -0.4 is 9.91 Å². The average Bonchev–Trinajstić information content (AvgIpc) is 2.94. The van der Waals surface area contributed by atoms with Crippen molar-refractivity contribution < 1.29 is 9.53 Å². The van der Waals surface area contributed by atoms with Gasteiger partial charge in [0, 0.05) is 17.3 Å². The Bertz CT molecular complexity index is 943. The number of ether oxygens (including phenoxy) is 1. The normalized spacial score (nSPS) is 26.8. The Morgan fingerprint density at radius 2 is 1.96 bits per heavy atom. The van der Waals surface area contributed by atoms with Crippen LogP contribution in [0.15, 0.2) is 53.6 Å². The molecule has 2 aromatic rings. The fraction of sp³-hybridized carbons (Fsp3) is 0.333. The van der Waals surface area contributed by atoms with E-state index in [9.17, 15) is 4.79 Å². The van der Waals surface area contributed by atoms with Gasteiger partial charge in [-0.15, -0.1) is 0 Å². The highest BCUT2D eigenvalue weighted by molar-refractivity contribution is 6.30. The Balaban J connectivity index is 1.62. The number of hydrogen-bond donors (Lipinski definition) is 0. The molecule has 0 aliphatic carbocycles. The molecule has 6 heteroatoms. The summed E-state index contributed by atoms with van der Waals surface area (Å²) in [6.07, 6.45) is 0.645. The van der Waals surface area contributed by atoms with Crippen LogP contribution in [0.2, 0.25) is 5.02 Å². The molecule has 5 rings (SSSR count). The molecule has 5 nitrogen and oxygen atoms in total. The monoisotopic (exact) mass is 381 g/mol. The van der Waals surface area contributed by atoms with Gasteiger partial charge in [0.15, 0.2) is 0 Å². The molecule has 0 aromatic heterocycles. The topological polar surface area (TPSA) is 45.1 Å². The van der Waals surface area contributed by atoms with Crippen molar-refractivity contribution in [3.63, 3.8) is 0 Å². The highest BCUT2D eigenvalue weighted by Crippen LogP contribution is 2.47. The second-order valence-electron chi connectivity index (χ2n) is 7.34. The van der Waals surface area contributed by atoms with Gasteiger partial charge in [-0.05, 0) is 49.2 Å². The number of fused-ring (bicyclic) bond motifs is 4. The van der Waals surface area contributed by atoms with Crippen LogP contribution in [-0.2, 0) is 16.0 Å². The van der Waals surface area contributed by atoms with Gasteiger partial charge >= 0.3 is 0 Å². The lowest BCUT2D eigenvalue weighted by molar-refractivity contribution is -0.126. The molecule has 138 valence electrons. The molecule has 1 saturated heterocycles. The van der Waals surface area contributed by atoms with E-state index in [1.165, 1.54) is 16.3 Å². The van der Waals surface area contributed by atoms with Gasteiger partial charge in [0.2, 0.25) is 0 Å². The number of hydrazone groups is 1. The van der Waals surface area contributed by atoms with Crippen molar-refractivity contribution in [1.82, 2.24) is 0 Å². The van der Waals surface area contributed by atoms with Crippen LogP contribution in [0.5, 0.6) is 0 Å². The summed E-state index contributed by atoms with van der Waals surface area (Å²) >= 11 is 6.01. The Kier molecular flexibility index (Phi) is 3.78. The van der Waals surface area contributed by atoms with Crippen LogP contribution in [0, 0.1) is 5.41 Å². The van der Waals surface area contributed by atoms with Crippen molar-refractivity contribution in [2.45, 2.75) is 19.4 Å². The predicted molar refractivity (Wildman–Crippen MR) is 107 cm³/mol. The Hall–Kier alpha value is -2.37. The average molecular weight is 382 g/mol.